The Morgan fingerprint density at radius 2 is 1.93 bits per heavy atom. The molecule has 0 aromatic carbocycles. The van der Waals surface area contributed by atoms with Crippen LogP contribution in [0, 0.1) is 0 Å². The van der Waals surface area contributed by atoms with Gasteiger partial charge >= 0.3 is 5.97 Å². The second-order valence-corrected chi connectivity index (χ2v) is 4.14. The summed E-state index contributed by atoms with van der Waals surface area (Å²) in [5.74, 6) is -0.772. The third kappa shape index (κ3) is 8.01. The maximum Gasteiger partial charge on any atom is 0.304 e. The number of hydrogen-bond acceptors (Lipinski definition) is 3. The Bertz CT molecular complexity index is 175. The molecule has 84 valence electrons. The summed E-state index contributed by atoms with van der Waals surface area (Å²) >= 11 is 0. The molecule has 0 aliphatic carbocycles. The number of nitrogens with zero attached hydrogens (tertiary/aromatic N) is 1. The summed E-state index contributed by atoms with van der Waals surface area (Å²) in [6.07, 6.45) is 0.833. The van der Waals surface area contributed by atoms with Crippen molar-refractivity contribution in [1.29, 1.82) is 0 Å². The molecule has 0 heterocycles. The fraction of sp³-hybridized carbons (Fsp3) is 0.900. The number of aliphatic carboxylic acids is 1. The summed E-state index contributed by atoms with van der Waals surface area (Å²) in [6.45, 7) is 7.64. The minimum absolute atomic E-state index is 0.166. The third-order valence-corrected chi connectivity index (χ3v) is 2.13. The molecule has 0 aromatic heterocycles. The predicted octanol–water partition coefficient (Wildman–Crippen LogP) is 0.944. The Morgan fingerprint density at radius 3 is 2.29 bits per heavy atom. The van der Waals surface area contributed by atoms with E-state index in [-0.39, 0.29) is 6.42 Å². The second-order valence-electron chi connectivity index (χ2n) is 4.14. The van der Waals surface area contributed by atoms with E-state index in [9.17, 15) is 9.90 Å². The minimum atomic E-state index is -0.772. The molecular formula is C10H21NO3. The lowest BCUT2D eigenvalue weighted by Gasteiger charge is -2.24. The van der Waals surface area contributed by atoms with Crippen LogP contribution in [0.3, 0.4) is 0 Å². The molecule has 0 unspecified atom stereocenters. The van der Waals surface area contributed by atoms with E-state index in [1.54, 1.807) is 13.8 Å². The number of aliphatic hydroxyl groups is 1. The van der Waals surface area contributed by atoms with Crippen LogP contribution in [-0.4, -0.2) is 46.3 Å². The maximum absolute atomic E-state index is 10.3. The van der Waals surface area contributed by atoms with E-state index >= 15 is 0 Å². The predicted molar refractivity (Wildman–Crippen MR) is 55.3 cm³/mol. The summed E-state index contributed by atoms with van der Waals surface area (Å²) in [6, 6.07) is 0. The molecule has 0 aliphatic heterocycles. The van der Waals surface area contributed by atoms with Gasteiger partial charge in [-0.1, -0.05) is 6.92 Å². The van der Waals surface area contributed by atoms with Crippen LogP contribution in [0.5, 0.6) is 0 Å². The van der Waals surface area contributed by atoms with Gasteiger partial charge in [-0.2, -0.15) is 0 Å². The molecule has 0 rings (SSSR count). The van der Waals surface area contributed by atoms with Crippen molar-refractivity contribution in [3.63, 3.8) is 0 Å². The molecule has 2 N–H and O–H groups in total. The van der Waals surface area contributed by atoms with Crippen LogP contribution in [0.1, 0.15) is 33.6 Å². The van der Waals surface area contributed by atoms with Gasteiger partial charge in [0.25, 0.3) is 0 Å². The van der Waals surface area contributed by atoms with Crippen LogP contribution < -0.4 is 0 Å². The van der Waals surface area contributed by atoms with Gasteiger partial charge in [0, 0.05) is 13.1 Å². The van der Waals surface area contributed by atoms with Crippen LogP contribution in [-0.2, 0) is 4.79 Å². The fourth-order valence-electron chi connectivity index (χ4n) is 1.11. The molecule has 0 saturated carbocycles. The lowest BCUT2D eigenvalue weighted by molar-refractivity contribution is -0.137. The van der Waals surface area contributed by atoms with Gasteiger partial charge in [0.2, 0.25) is 0 Å². The summed E-state index contributed by atoms with van der Waals surface area (Å²) in [5, 5.41) is 18.0. The standard InChI is InChI=1S/C10H21NO3/c1-4-11(7-5-9(12)13)8-6-10(2,3)14/h14H,4-8H2,1-3H3,(H,12,13). The second kappa shape index (κ2) is 5.98. The van der Waals surface area contributed by atoms with Gasteiger partial charge < -0.3 is 15.1 Å². The lowest BCUT2D eigenvalue weighted by Crippen LogP contribution is -2.32. The Balaban J connectivity index is 3.74. The molecule has 0 saturated heterocycles. The van der Waals surface area contributed by atoms with E-state index in [0.29, 0.717) is 13.0 Å². The third-order valence-electron chi connectivity index (χ3n) is 2.13. The first kappa shape index (κ1) is 13.4. The number of carboxylic acid groups (broad SMARTS) is 1. The Labute approximate surface area is 85.5 Å². The van der Waals surface area contributed by atoms with Crippen molar-refractivity contribution in [1.82, 2.24) is 4.90 Å². The van der Waals surface area contributed by atoms with E-state index in [1.807, 2.05) is 11.8 Å². The molecule has 0 radical (unpaired) electrons. The molecule has 0 bridgehead atoms. The molecule has 0 amide bonds. The first-order chi connectivity index (χ1) is 6.35. The largest absolute Gasteiger partial charge is 0.481 e. The molecule has 0 spiro atoms. The van der Waals surface area contributed by atoms with E-state index in [1.165, 1.54) is 0 Å². The number of rotatable bonds is 7. The number of carboxylic acids is 1. The average molecular weight is 203 g/mol. The van der Waals surface area contributed by atoms with Gasteiger partial charge in [0.1, 0.15) is 0 Å². The highest BCUT2D eigenvalue weighted by atomic mass is 16.4. The van der Waals surface area contributed by atoms with Gasteiger partial charge in [0.05, 0.1) is 12.0 Å². The summed E-state index contributed by atoms with van der Waals surface area (Å²) in [4.78, 5) is 12.4. The summed E-state index contributed by atoms with van der Waals surface area (Å²) in [7, 11) is 0. The van der Waals surface area contributed by atoms with Crippen molar-refractivity contribution in [3.8, 4) is 0 Å². The zero-order valence-corrected chi connectivity index (χ0v) is 9.29. The summed E-state index contributed by atoms with van der Waals surface area (Å²) < 4.78 is 0. The molecule has 4 nitrogen and oxygen atoms in total. The van der Waals surface area contributed by atoms with Crippen LogP contribution in [0.25, 0.3) is 0 Å². The van der Waals surface area contributed by atoms with E-state index < -0.39 is 11.6 Å². The topological polar surface area (TPSA) is 60.8 Å². The SMILES string of the molecule is CCN(CCC(=O)O)CCC(C)(C)O. The van der Waals surface area contributed by atoms with E-state index in [0.717, 1.165) is 13.1 Å². The number of carbonyl (C=O) groups is 1. The molecule has 0 fully saturated rings. The quantitative estimate of drug-likeness (QED) is 0.646. The van der Waals surface area contributed by atoms with Gasteiger partial charge in [0.15, 0.2) is 0 Å². The van der Waals surface area contributed by atoms with Crippen molar-refractivity contribution < 1.29 is 15.0 Å². The van der Waals surface area contributed by atoms with E-state index in [4.69, 9.17) is 5.11 Å². The van der Waals surface area contributed by atoms with Crippen LogP contribution >= 0.6 is 0 Å². The normalized spacial score (nSPS) is 12.1. The Morgan fingerprint density at radius 1 is 1.36 bits per heavy atom. The maximum atomic E-state index is 10.3. The van der Waals surface area contributed by atoms with Gasteiger partial charge in [-0.25, -0.2) is 0 Å². The smallest absolute Gasteiger partial charge is 0.304 e. The summed E-state index contributed by atoms with van der Waals surface area (Å²) in [5.41, 5.74) is -0.670. The average Bonchev–Trinajstić information content (AvgIpc) is 2.02. The van der Waals surface area contributed by atoms with Crippen LogP contribution in [0.4, 0.5) is 0 Å². The molecule has 0 aromatic rings. The van der Waals surface area contributed by atoms with E-state index in [2.05, 4.69) is 0 Å². The zero-order chi connectivity index (χ0) is 11.2. The van der Waals surface area contributed by atoms with Crippen LogP contribution in [0.2, 0.25) is 0 Å². The van der Waals surface area contributed by atoms with Crippen molar-refractivity contribution in [2.24, 2.45) is 0 Å². The van der Waals surface area contributed by atoms with Crippen LogP contribution in [0.15, 0.2) is 0 Å². The molecular weight excluding hydrogens is 182 g/mol. The monoisotopic (exact) mass is 203 g/mol. The fourth-order valence-corrected chi connectivity index (χ4v) is 1.11. The van der Waals surface area contributed by atoms with Crippen molar-refractivity contribution in [3.05, 3.63) is 0 Å². The highest BCUT2D eigenvalue weighted by Gasteiger charge is 2.14. The first-order valence-corrected chi connectivity index (χ1v) is 5.01. The Hall–Kier alpha value is -0.610. The molecule has 4 heteroatoms. The zero-order valence-electron chi connectivity index (χ0n) is 9.29. The van der Waals surface area contributed by atoms with Crippen molar-refractivity contribution >= 4 is 5.97 Å². The highest BCUT2D eigenvalue weighted by Crippen LogP contribution is 2.08. The first-order valence-electron chi connectivity index (χ1n) is 5.01. The van der Waals surface area contributed by atoms with Crippen molar-refractivity contribution in [2.45, 2.75) is 39.2 Å². The molecule has 14 heavy (non-hydrogen) atoms. The number of hydrogen-bond donors (Lipinski definition) is 2. The Kier molecular flexibility index (Phi) is 5.72. The minimum Gasteiger partial charge on any atom is -0.481 e. The van der Waals surface area contributed by atoms with Crippen molar-refractivity contribution in [2.75, 3.05) is 19.6 Å². The molecule has 0 aliphatic rings. The molecule has 0 atom stereocenters. The van der Waals surface area contributed by atoms with Gasteiger partial charge in [-0.3, -0.25) is 4.79 Å². The van der Waals surface area contributed by atoms with Gasteiger partial charge in [-0.15, -0.1) is 0 Å². The van der Waals surface area contributed by atoms with Gasteiger partial charge in [-0.05, 0) is 26.8 Å². The highest BCUT2D eigenvalue weighted by molar-refractivity contribution is 5.66. The lowest BCUT2D eigenvalue weighted by atomic mass is 10.1.